The molecule has 0 aliphatic carbocycles. The predicted molar refractivity (Wildman–Crippen MR) is 176 cm³/mol. The number of nitrogens with zero attached hydrogens (tertiary/aromatic N) is 4. The van der Waals surface area contributed by atoms with E-state index in [9.17, 15) is 9.59 Å². The van der Waals surface area contributed by atoms with Gasteiger partial charge in [-0.25, -0.2) is 9.48 Å². The smallest absolute Gasteiger partial charge is 0.410 e. The van der Waals surface area contributed by atoms with E-state index >= 15 is 0 Å². The summed E-state index contributed by atoms with van der Waals surface area (Å²) in [5, 5.41) is 7.96. The molecule has 2 fully saturated rings. The first kappa shape index (κ1) is 32.5. The van der Waals surface area contributed by atoms with Crippen molar-refractivity contribution in [2.24, 2.45) is 5.92 Å². The number of likely N-dealkylation sites (tertiary alicyclic amines) is 2. The Morgan fingerprint density at radius 2 is 1.60 bits per heavy atom. The lowest BCUT2D eigenvalue weighted by atomic mass is 9.90. The first-order valence-electron chi connectivity index (χ1n) is 16.4. The van der Waals surface area contributed by atoms with Gasteiger partial charge in [-0.3, -0.25) is 4.79 Å². The number of aromatic nitrogens is 2. The normalized spacial score (nSPS) is 16.9. The van der Waals surface area contributed by atoms with Crippen LogP contribution in [0.2, 0.25) is 0 Å². The summed E-state index contributed by atoms with van der Waals surface area (Å²) >= 11 is 0. The number of amides is 2. The van der Waals surface area contributed by atoms with Crippen LogP contribution in [0.4, 0.5) is 4.79 Å². The Hall–Kier alpha value is -3.85. The summed E-state index contributed by atoms with van der Waals surface area (Å²) in [4.78, 5) is 30.7. The van der Waals surface area contributed by atoms with Crippen LogP contribution in [0.1, 0.15) is 79.6 Å². The summed E-state index contributed by atoms with van der Waals surface area (Å²) in [5.74, 6) is 1.38. The highest BCUT2D eigenvalue weighted by Crippen LogP contribution is 2.33. The second-order valence-electron chi connectivity index (χ2n) is 13.5. The lowest BCUT2D eigenvalue weighted by Gasteiger charge is -2.34. The number of aryl methyl sites for hydroxylation is 1. The van der Waals surface area contributed by atoms with Crippen molar-refractivity contribution < 1.29 is 19.1 Å². The minimum Gasteiger partial charge on any atom is -0.497 e. The van der Waals surface area contributed by atoms with E-state index in [2.05, 4.69) is 41.4 Å². The second-order valence-corrected chi connectivity index (χ2v) is 13.5. The van der Waals surface area contributed by atoms with Crippen molar-refractivity contribution in [3.63, 3.8) is 0 Å². The molecular weight excluding hydrogens is 566 g/mol. The number of piperidine rings is 2. The maximum Gasteiger partial charge on any atom is 0.410 e. The fourth-order valence-electron chi connectivity index (χ4n) is 6.31. The Bertz CT molecular complexity index is 1410. The van der Waals surface area contributed by atoms with Crippen molar-refractivity contribution in [2.45, 2.75) is 71.3 Å². The maximum atomic E-state index is 13.7. The molecule has 45 heavy (non-hydrogen) atoms. The third kappa shape index (κ3) is 8.66. The molecule has 9 nitrogen and oxygen atoms in total. The summed E-state index contributed by atoms with van der Waals surface area (Å²) < 4.78 is 12.8. The van der Waals surface area contributed by atoms with Crippen molar-refractivity contribution in [1.82, 2.24) is 24.9 Å². The molecule has 2 aromatic carbocycles. The topological polar surface area (TPSA) is 88.9 Å². The number of hydrogen-bond acceptors (Lipinski definition) is 6. The van der Waals surface area contributed by atoms with E-state index in [4.69, 9.17) is 14.6 Å². The molecule has 2 amide bonds. The van der Waals surface area contributed by atoms with Crippen LogP contribution in [0.3, 0.4) is 0 Å². The number of rotatable bonds is 9. The number of nitrogens with one attached hydrogen (secondary N) is 1. The SMILES string of the molecule is COc1ccc(CCN2CCC(CNC(=O)c3cnn(-c4ccc(C)cc4)c3C3CCN(C(=O)OC(C)(C)C)CC3)CC2)cc1. The molecule has 0 atom stereocenters. The van der Waals surface area contributed by atoms with Gasteiger partial charge in [0.1, 0.15) is 11.4 Å². The number of ether oxygens (including phenoxy) is 2. The molecule has 2 aliphatic rings. The van der Waals surface area contributed by atoms with Crippen LogP contribution in [-0.2, 0) is 11.2 Å². The monoisotopic (exact) mass is 615 g/mol. The van der Waals surface area contributed by atoms with E-state index in [-0.39, 0.29) is 17.9 Å². The minimum atomic E-state index is -0.531. The van der Waals surface area contributed by atoms with Crippen LogP contribution in [-0.4, -0.2) is 83.6 Å². The molecule has 0 bridgehead atoms. The second kappa shape index (κ2) is 14.5. The zero-order valence-electron chi connectivity index (χ0n) is 27.6. The molecule has 3 aromatic rings. The standard InChI is InChI=1S/C36H49N5O4/c1-26-6-10-30(11-7-26)41-33(29-17-22-40(23-18-29)35(43)45-36(2,3)4)32(25-38-41)34(42)37-24-28-15-20-39(21-16-28)19-14-27-8-12-31(44-5)13-9-27/h6-13,25,28-29H,14-24H2,1-5H3,(H,37,42). The molecule has 0 unspecified atom stereocenters. The Morgan fingerprint density at radius 3 is 2.22 bits per heavy atom. The third-order valence-corrected chi connectivity index (χ3v) is 9.00. The lowest BCUT2D eigenvalue weighted by molar-refractivity contribution is 0.0203. The van der Waals surface area contributed by atoms with E-state index < -0.39 is 5.60 Å². The van der Waals surface area contributed by atoms with Gasteiger partial charge >= 0.3 is 6.09 Å². The highest BCUT2D eigenvalue weighted by Gasteiger charge is 2.32. The fourth-order valence-corrected chi connectivity index (χ4v) is 6.31. The molecule has 0 spiro atoms. The average molecular weight is 616 g/mol. The number of carbonyl (C=O) groups excluding carboxylic acids is 2. The van der Waals surface area contributed by atoms with Gasteiger partial charge in [-0.15, -0.1) is 0 Å². The molecule has 3 heterocycles. The van der Waals surface area contributed by atoms with Gasteiger partial charge < -0.3 is 24.6 Å². The zero-order chi connectivity index (χ0) is 32.0. The van der Waals surface area contributed by atoms with E-state index in [1.807, 2.05) is 49.7 Å². The van der Waals surface area contributed by atoms with Crippen molar-refractivity contribution >= 4 is 12.0 Å². The van der Waals surface area contributed by atoms with Crippen molar-refractivity contribution in [2.75, 3.05) is 46.4 Å². The van der Waals surface area contributed by atoms with E-state index in [1.165, 1.54) is 11.1 Å². The van der Waals surface area contributed by atoms with Crippen LogP contribution >= 0.6 is 0 Å². The fraction of sp³-hybridized carbons (Fsp3) is 0.528. The molecule has 5 rings (SSSR count). The molecule has 9 heteroatoms. The number of hydrogen-bond donors (Lipinski definition) is 1. The Balaban J connectivity index is 1.19. The van der Waals surface area contributed by atoms with Gasteiger partial charge in [0.2, 0.25) is 0 Å². The first-order chi connectivity index (χ1) is 21.6. The van der Waals surface area contributed by atoms with Crippen molar-refractivity contribution in [1.29, 1.82) is 0 Å². The largest absolute Gasteiger partial charge is 0.497 e. The highest BCUT2D eigenvalue weighted by atomic mass is 16.6. The van der Waals surface area contributed by atoms with Crippen molar-refractivity contribution in [3.8, 4) is 11.4 Å². The molecular formula is C36H49N5O4. The number of carbonyl (C=O) groups is 2. The highest BCUT2D eigenvalue weighted by molar-refractivity contribution is 5.95. The van der Waals surface area contributed by atoms with Gasteiger partial charge in [-0.2, -0.15) is 5.10 Å². The van der Waals surface area contributed by atoms with Crippen LogP contribution in [0, 0.1) is 12.8 Å². The van der Waals surface area contributed by atoms with Crippen molar-refractivity contribution in [3.05, 3.63) is 77.1 Å². The molecule has 1 aromatic heterocycles. The summed E-state index contributed by atoms with van der Waals surface area (Å²) in [7, 11) is 1.69. The summed E-state index contributed by atoms with van der Waals surface area (Å²) in [6.45, 7) is 12.7. The van der Waals surface area contributed by atoms with Gasteiger partial charge in [0.15, 0.2) is 0 Å². The summed E-state index contributed by atoms with van der Waals surface area (Å²) in [6, 6.07) is 16.5. The van der Waals surface area contributed by atoms with Crippen LogP contribution in [0.15, 0.2) is 54.7 Å². The summed E-state index contributed by atoms with van der Waals surface area (Å²) in [5.41, 5.74) is 4.45. The molecule has 1 N–H and O–H groups in total. The molecule has 0 radical (unpaired) electrons. The van der Waals surface area contributed by atoms with E-state index in [0.29, 0.717) is 31.1 Å². The Morgan fingerprint density at radius 1 is 0.933 bits per heavy atom. The molecule has 242 valence electrons. The van der Waals surface area contributed by atoms with Crippen LogP contribution in [0.5, 0.6) is 5.75 Å². The van der Waals surface area contributed by atoms with Crippen LogP contribution in [0.25, 0.3) is 5.69 Å². The lowest BCUT2D eigenvalue weighted by Crippen LogP contribution is -2.42. The molecule has 2 saturated heterocycles. The zero-order valence-corrected chi connectivity index (χ0v) is 27.6. The van der Waals surface area contributed by atoms with Gasteiger partial charge in [-0.1, -0.05) is 29.8 Å². The van der Waals surface area contributed by atoms with Gasteiger partial charge in [0, 0.05) is 32.1 Å². The predicted octanol–water partition coefficient (Wildman–Crippen LogP) is 5.99. The first-order valence-corrected chi connectivity index (χ1v) is 16.4. The molecule has 0 saturated carbocycles. The Labute approximate surface area is 267 Å². The Kier molecular flexibility index (Phi) is 10.5. The maximum absolute atomic E-state index is 13.7. The quantitative estimate of drug-likeness (QED) is 0.318. The summed E-state index contributed by atoms with van der Waals surface area (Å²) in [6.07, 6.45) is 6.08. The average Bonchev–Trinajstić information content (AvgIpc) is 3.48. The van der Waals surface area contributed by atoms with E-state index in [1.54, 1.807) is 18.2 Å². The van der Waals surface area contributed by atoms with Gasteiger partial charge in [0.05, 0.1) is 30.3 Å². The van der Waals surface area contributed by atoms with Gasteiger partial charge in [-0.05, 0) is 109 Å². The third-order valence-electron chi connectivity index (χ3n) is 9.00. The van der Waals surface area contributed by atoms with Crippen LogP contribution < -0.4 is 10.1 Å². The van der Waals surface area contributed by atoms with E-state index in [0.717, 1.165) is 68.9 Å². The molecule has 2 aliphatic heterocycles. The number of methoxy groups -OCH3 is 1. The minimum absolute atomic E-state index is 0.0696. The number of benzene rings is 2. The van der Waals surface area contributed by atoms with Gasteiger partial charge in [0.25, 0.3) is 5.91 Å².